The summed E-state index contributed by atoms with van der Waals surface area (Å²) in [5.74, 6) is 0. The van der Waals surface area contributed by atoms with Crippen molar-refractivity contribution in [1.29, 1.82) is 5.26 Å². The van der Waals surface area contributed by atoms with Crippen LogP contribution < -0.4 is 0 Å². The zero-order valence-electron chi connectivity index (χ0n) is 10.9. The molecule has 0 radical (unpaired) electrons. The van der Waals surface area contributed by atoms with E-state index in [0.29, 0.717) is 0 Å². The maximum atomic E-state index is 12.4. The second-order valence-corrected chi connectivity index (χ2v) is 6.32. The van der Waals surface area contributed by atoms with Crippen molar-refractivity contribution in [3.63, 3.8) is 0 Å². The van der Waals surface area contributed by atoms with E-state index in [1.807, 2.05) is 32.9 Å². The lowest BCUT2D eigenvalue weighted by Crippen LogP contribution is -2.37. The standard InChI is InChI=1S/C13H18N2O2S/c1-11(2)15(9-5-8-14)18(16,17)13-7-4-6-12(3)10-13/h4,6-7,10-11H,5,9H2,1-3H3. The van der Waals surface area contributed by atoms with Gasteiger partial charge in [-0.1, -0.05) is 12.1 Å². The van der Waals surface area contributed by atoms with Gasteiger partial charge >= 0.3 is 0 Å². The first kappa shape index (κ1) is 14.7. The molecule has 1 rings (SSSR count). The van der Waals surface area contributed by atoms with Crippen LogP contribution in [-0.2, 0) is 10.0 Å². The molecule has 1 aromatic carbocycles. The summed E-state index contributed by atoms with van der Waals surface area (Å²) in [7, 11) is -3.51. The molecule has 0 unspecified atom stereocenters. The fraction of sp³-hybridized carbons (Fsp3) is 0.462. The van der Waals surface area contributed by atoms with Crippen molar-refractivity contribution >= 4 is 10.0 Å². The maximum Gasteiger partial charge on any atom is 0.243 e. The fourth-order valence-electron chi connectivity index (χ4n) is 1.73. The lowest BCUT2D eigenvalue weighted by molar-refractivity contribution is 0.360. The van der Waals surface area contributed by atoms with Crippen molar-refractivity contribution in [3.8, 4) is 6.07 Å². The SMILES string of the molecule is Cc1cccc(S(=O)(=O)N(CCC#N)C(C)C)c1. The van der Waals surface area contributed by atoms with Crippen LogP contribution in [0.1, 0.15) is 25.8 Å². The molecule has 0 aliphatic rings. The topological polar surface area (TPSA) is 61.2 Å². The minimum absolute atomic E-state index is 0.163. The Morgan fingerprint density at radius 2 is 2.06 bits per heavy atom. The minimum atomic E-state index is -3.51. The Balaban J connectivity index is 3.14. The average molecular weight is 266 g/mol. The summed E-state index contributed by atoms with van der Waals surface area (Å²) >= 11 is 0. The highest BCUT2D eigenvalue weighted by atomic mass is 32.2. The van der Waals surface area contributed by atoms with Gasteiger partial charge in [-0.2, -0.15) is 9.57 Å². The molecule has 0 aliphatic heterocycles. The first-order chi connectivity index (χ1) is 8.39. The Labute approximate surface area is 109 Å². The van der Waals surface area contributed by atoms with Crippen molar-refractivity contribution in [2.24, 2.45) is 0 Å². The van der Waals surface area contributed by atoms with E-state index in [-0.39, 0.29) is 23.9 Å². The molecule has 4 nitrogen and oxygen atoms in total. The Bertz CT molecular complexity index is 544. The van der Waals surface area contributed by atoms with Gasteiger partial charge in [0.05, 0.1) is 11.0 Å². The largest absolute Gasteiger partial charge is 0.243 e. The van der Waals surface area contributed by atoms with Crippen LogP contribution in [0.25, 0.3) is 0 Å². The molecule has 18 heavy (non-hydrogen) atoms. The van der Waals surface area contributed by atoms with Gasteiger partial charge in [0.1, 0.15) is 0 Å². The molecule has 0 saturated carbocycles. The minimum Gasteiger partial charge on any atom is -0.207 e. The predicted octanol–water partition coefficient (Wildman–Crippen LogP) is 2.31. The van der Waals surface area contributed by atoms with Crippen LogP contribution in [0.5, 0.6) is 0 Å². The highest BCUT2D eigenvalue weighted by Gasteiger charge is 2.26. The summed E-state index contributed by atoms with van der Waals surface area (Å²) in [5, 5.41) is 8.61. The summed E-state index contributed by atoms with van der Waals surface area (Å²) in [6, 6.07) is 8.64. The van der Waals surface area contributed by atoms with Crippen LogP contribution in [0.3, 0.4) is 0 Å². The monoisotopic (exact) mass is 266 g/mol. The normalized spacial score (nSPS) is 11.8. The first-order valence-corrected chi connectivity index (χ1v) is 7.29. The molecular formula is C13H18N2O2S. The molecule has 0 aromatic heterocycles. The third kappa shape index (κ3) is 3.31. The summed E-state index contributed by atoms with van der Waals surface area (Å²) in [5.41, 5.74) is 0.903. The molecule has 0 fully saturated rings. The number of hydrogen-bond acceptors (Lipinski definition) is 3. The Kier molecular flexibility index (Phi) is 4.88. The number of nitrogens with zero attached hydrogens (tertiary/aromatic N) is 2. The van der Waals surface area contributed by atoms with Gasteiger partial charge < -0.3 is 0 Å². The lowest BCUT2D eigenvalue weighted by Gasteiger charge is -2.25. The zero-order chi connectivity index (χ0) is 13.8. The molecule has 0 spiro atoms. The molecule has 0 atom stereocenters. The maximum absolute atomic E-state index is 12.4. The van der Waals surface area contributed by atoms with Gasteiger partial charge in [0.2, 0.25) is 10.0 Å². The van der Waals surface area contributed by atoms with Gasteiger partial charge in [-0.05, 0) is 38.5 Å². The van der Waals surface area contributed by atoms with Crippen LogP contribution in [0.2, 0.25) is 0 Å². The van der Waals surface area contributed by atoms with Gasteiger partial charge in [-0.25, -0.2) is 8.42 Å². The third-order valence-electron chi connectivity index (χ3n) is 2.62. The van der Waals surface area contributed by atoms with Crippen LogP contribution >= 0.6 is 0 Å². The Hall–Kier alpha value is -1.38. The molecule has 0 N–H and O–H groups in total. The summed E-state index contributed by atoms with van der Waals surface area (Å²) in [4.78, 5) is 0.286. The van der Waals surface area contributed by atoms with Crippen molar-refractivity contribution in [3.05, 3.63) is 29.8 Å². The highest BCUT2D eigenvalue weighted by molar-refractivity contribution is 7.89. The van der Waals surface area contributed by atoms with E-state index in [9.17, 15) is 8.42 Å². The lowest BCUT2D eigenvalue weighted by atomic mass is 10.2. The molecule has 0 aliphatic carbocycles. The van der Waals surface area contributed by atoms with Gasteiger partial charge in [-0.3, -0.25) is 0 Å². The summed E-state index contributed by atoms with van der Waals surface area (Å²) in [6.07, 6.45) is 0.198. The smallest absolute Gasteiger partial charge is 0.207 e. The van der Waals surface area contributed by atoms with Crippen molar-refractivity contribution in [2.45, 2.75) is 38.1 Å². The van der Waals surface area contributed by atoms with E-state index in [2.05, 4.69) is 0 Å². The third-order valence-corrected chi connectivity index (χ3v) is 4.69. The number of nitriles is 1. The van der Waals surface area contributed by atoms with E-state index < -0.39 is 10.0 Å². The van der Waals surface area contributed by atoms with Crippen molar-refractivity contribution in [1.82, 2.24) is 4.31 Å². The van der Waals surface area contributed by atoms with Crippen LogP contribution in [0.15, 0.2) is 29.2 Å². The molecule has 98 valence electrons. The van der Waals surface area contributed by atoms with Crippen LogP contribution in [-0.4, -0.2) is 25.3 Å². The second kappa shape index (κ2) is 5.98. The quantitative estimate of drug-likeness (QED) is 0.821. The Morgan fingerprint density at radius 3 is 2.56 bits per heavy atom. The zero-order valence-corrected chi connectivity index (χ0v) is 11.7. The Morgan fingerprint density at radius 1 is 1.39 bits per heavy atom. The molecule has 0 saturated heterocycles. The molecule has 1 aromatic rings. The number of aryl methyl sites for hydroxylation is 1. The number of sulfonamides is 1. The molecule has 0 bridgehead atoms. The highest BCUT2D eigenvalue weighted by Crippen LogP contribution is 2.19. The van der Waals surface area contributed by atoms with Gasteiger partial charge in [0.15, 0.2) is 0 Å². The van der Waals surface area contributed by atoms with E-state index in [4.69, 9.17) is 5.26 Å². The van der Waals surface area contributed by atoms with Gasteiger partial charge in [0, 0.05) is 19.0 Å². The fourth-order valence-corrected chi connectivity index (χ4v) is 3.47. The number of benzene rings is 1. The van der Waals surface area contributed by atoms with E-state index in [1.54, 1.807) is 18.2 Å². The van der Waals surface area contributed by atoms with Crippen LogP contribution in [0, 0.1) is 18.3 Å². The van der Waals surface area contributed by atoms with E-state index in [0.717, 1.165) is 5.56 Å². The number of hydrogen-bond donors (Lipinski definition) is 0. The van der Waals surface area contributed by atoms with Gasteiger partial charge in [0.25, 0.3) is 0 Å². The summed E-state index contributed by atoms with van der Waals surface area (Å²) in [6.45, 7) is 5.70. The van der Waals surface area contributed by atoms with E-state index >= 15 is 0 Å². The summed E-state index contributed by atoms with van der Waals surface area (Å²) < 4.78 is 26.3. The van der Waals surface area contributed by atoms with Crippen LogP contribution in [0.4, 0.5) is 0 Å². The van der Waals surface area contributed by atoms with E-state index in [1.165, 1.54) is 4.31 Å². The molecular weight excluding hydrogens is 248 g/mol. The van der Waals surface area contributed by atoms with Crippen molar-refractivity contribution < 1.29 is 8.42 Å². The second-order valence-electron chi connectivity index (χ2n) is 4.43. The number of rotatable bonds is 5. The average Bonchev–Trinajstić information content (AvgIpc) is 2.28. The molecule has 0 heterocycles. The van der Waals surface area contributed by atoms with Gasteiger partial charge in [-0.15, -0.1) is 0 Å². The first-order valence-electron chi connectivity index (χ1n) is 5.85. The predicted molar refractivity (Wildman–Crippen MR) is 70.4 cm³/mol. The van der Waals surface area contributed by atoms with Crippen molar-refractivity contribution in [2.75, 3.05) is 6.54 Å². The molecule has 0 amide bonds. The molecule has 5 heteroatoms.